The number of nitrogens with one attached hydrogen (secondary N) is 1. The number of halogens is 2. The zero-order valence-corrected chi connectivity index (χ0v) is 20.6. The first kappa shape index (κ1) is 24.0. The summed E-state index contributed by atoms with van der Waals surface area (Å²) in [6.45, 7) is 3.63. The Labute approximate surface area is 204 Å². The quantitative estimate of drug-likeness (QED) is 0.294. The summed E-state index contributed by atoms with van der Waals surface area (Å²) in [7, 11) is 0. The molecule has 0 radical (unpaired) electrons. The largest absolute Gasteiger partial charge is 0.325 e. The molecule has 0 atom stereocenters. The van der Waals surface area contributed by atoms with E-state index in [2.05, 4.69) is 32.3 Å². The standard InChI is InChI=1S/C24H19BrClN3O2S/c1-14-20(11-22(30)16-3-5-17(25)6-4-16)15(2)28-24(21(14)12-27)32-13-23(31)29-19-9-7-18(26)8-10-19/h3-10H,11,13H2,1-2H3,(H,29,31). The van der Waals surface area contributed by atoms with E-state index in [1.54, 1.807) is 36.4 Å². The normalized spacial score (nSPS) is 10.5. The summed E-state index contributed by atoms with van der Waals surface area (Å²) in [5.41, 5.74) is 3.76. The van der Waals surface area contributed by atoms with Crippen molar-refractivity contribution >= 4 is 56.7 Å². The van der Waals surface area contributed by atoms with Crippen LogP contribution in [-0.2, 0) is 11.2 Å². The molecule has 2 aromatic carbocycles. The number of nitrogens with zero attached hydrogens (tertiary/aromatic N) is 2. The number of carbonyl (C=O) groups excluding carboxylic acids is 2. The Bertz CT molecular complexity index is 1210. The van der Waals surface area contributed by atoms with E-state index < -0.39 is 0 Å². The summed E-state index contributed by atoms with van der Waals surface area (Å²) in [5.74, 6) is -0.162. The van der Waals surface area contributed by atoms with Crippen molar-refractivity contribution in [2.24, 2.45) is 0 Å². The Morgan fingerprint density at radius 3 is 2.41 bits per heavy atom. The number of aryl methyl sites for hydroxylation is 1. The molecule has 0 spiro atoms. The van der Waals surface area contributed by atoms with Crippen molar-refractivity contribution in [2.75, 3.05) is 11.1 Å². The molecule has 3 aromatic rings. The number of pyridine rings is 1. The second-order valence-electron chi connectivity index (χ2n) is 7.04. The number of hydrogen-bond acceptors (Lipinski definition) is 5. The summed E-state index contributed by atoms with van der Waals surface area (Å²) < 4.78 is 0.899. The van der Waals surface area contributed by atoms with Gasteiger partial charge in [0, 0.05) is 32.9 Å². The van der Waals surface area contributed by atoms with Crippen LogP contribution in [0.5, 0.6) is 0 Å². The molecule has 0 unspecified atom stereocenters. The molecule has 162 valence electrons. The average molecular weight is 529 g/mol. The molecule has 8 heteroatoms. The molecule has 0 bridgehead atoms. The number of thioether (sulfide) groups is 1. The Morgan fingerprint density at radius 1 is 1.12 bits per heavy atom. The number of carbonyl (C=O) groups is 2. The van der Waals surface area contributed by atoms with Gasteiger partial charge in [0.1, 0.15) is 11.1 Å². The molecule has 0 saturated heterocycles. The number of anilines is 1. The van der Waals surface area contributed by atoms with Gasteiger partial charge in [-0.05, 0) is 61.4 Å². The van der Waals surface area contributed by atoms with Gasteiger partial charge in [-0.15, -0.1) is 0 Å². The first-order valence-electron chi connectivity index (χ1n) is 9.65. The number of rotatable bonds is 7. The zero-order chi connectivity index (χ0) is 23.3. The Morgan fingerprint density at radius 2 is 1.78 bits per heavy atom. The maximum Gasteiger partial charge on any atom is 0.234 e. The summed E-state index contributed by atoms with van der Waals surface area (Å²) in [6, 6.07) is 16.2. The van der Waals surface area contributed by atoms with Crippen LogP contribution in [0.15, 0.2) is 58.0 Å². The molecule has 0 aliphatic carbocycles. The molecular weight excluding hydrogens is 510 g/mol. The second-order valence-corrected chi connectivity index (χ2v) is 9.36. The minimum absolute atomic E-state index is 0.0443. The van der Waals surface area contributed by atoms with Crippen molar-refractivity contribution < 1.29 is 9.59 Å². The van der Waals surface area contributed by atoms with Crippen LogP contribution in [0.2, 0.25) is 5.02 Å². The third-order valence-corrected chi connectivity index (χ3v) is 6.59. The number of ketones is 1. The number of Topliss-reactive ketones (excluding diaryl/α,β-unsaturated/α-hetero) is 1. The van der Waals surface area contributed by atoms with Crippen molar-refractivity contribution in [1.29, 1.82) is 5.26 Å². The zero-order valence-electron chi connectivity index (χ0n) is 17.4. The highest BCUT2D eigenvalue weighted by molar-refractivity contribution is 9.10. The lowest BCUT2D eigenvalue weighted by Gasteiger charge is -2.14. The fourth-order valence-corrected chi connectivity index (χ4v) is 4.39. The maximum atomic E-state index is 12.7. The third kappa shape index (κ3) is 5.98. The van der Waals surface area contributed by atoms with Crippen LogP contribution in [0.4, 0.5) is 5.69 Å². The lowest BCUT2D eigenvalue weighted by Crippen LogP contribution is -2.15. The lowest BCUT2D eigenvalue weighted by molar-refractivity contribution is -0.113. The van der Waals surface area contributed by atoms with Gasteiger partial charge in [0.15, 0.2) is 5.78 Å². The minimum Gasteiger partial charge on any atom is -0.325 e. The smallest absolute Gasteiger partial charge is 0.234 e. The maximum absolute atomic E-state index is 12.7. The number of amides is 1. The first-order chi connectivity index (χ1) is 15.3. The van der Waals surface area contributed by atoms with Gasteiger partial charge < -0.3 is 5.32 Å². The van der Waals surface area contributed by atoms with Gasteiger partial charge in [-0.3, -0.25) is 9.59 Å². The number of hydrogen-bond donors (Lipinski definition) is 1. The first-order valence-corrected chi connectivity index (χ1v) is 11.8. The third-order valence-electron chi connectivity index (χ3n) is 4.83. The van der Waals surface area contributed by atoms with Crippen LogP contribution in [0.3, 0.4) is 0 Å². The van der Waals surface area contributed by atoms with Crippen LogP contribution in [0.1, 0.15) is 32.7 Å². The second kappa shape index (κ2) is 10.8. The molecule has 0 saturated carbocycles. The highest BCUT2D eigenvalue weighted by atomic mass is 79.9. The predicted octanol–water partition coefficient (Wildman–Crippen LogP) is 6.14. The van der Waals surface area contributed by atoms with Crippen molar-refractivity contribution in [3.63, 3.8) is 0 Å². The fourth-order valence-electron chi connectivity index (χ4n) is 3.12. The van der Waals surface area contributed by atoms with Gasteiger partial charge in [-0.2, -0.15) is 5.26 Å². The Hall–Kier alpha value is -2.66. The fraction of sp³-hybridized carbons (Fsp3) is 0.167. The SMILES string of the molecule is Cc1nc(SCC(=O)Nc2ccc(Cl)cc2)c(C#N)c(C)c1CC(=O)c1ccc(Br)cc1. The molecule has 1 aromatic heterocycles. The van der Waals surface area contributed by atoms with Gasteiger partial charge >= 0.3 is 0 Å². The average Bonchev–Trinajstić information content (AvgIpc) is 2.77. The van der Waals surface area contributed by atoms with E-state index in [4.69, 9.17) is 11.6 Å². The minimum atomic E-state index is -0.215. The summed E-state index contributed by atoms with van der Waals surface area (Å²) in [4.78, 5) is 29.6. The van der Waals surface area contributed by atoms with E-state index >= 15 is 0 Å². The predicted molar refractivity (Wildman–Crippen MR) is 131 cm³/mol. The molecule has 1 amide bonds. The van der Waals surface area contributed by atoms with Gasteiger partial charge in [-0.25, -0.2) is 4.98 Å². The van der Waals surface area contributed by atoms with E-state index in [9.17, 15) is 14.9 Å². The monoisotopic (exact) mass is 527 g/mol. The van der Waals surface area contributed by atoms with Gasteiger partial charge in [0.2, 0.25) is 5.91 Å². The van der Waals surface area contributed by atoms with E-state index in [0.29, 0.717) is 38.1 Å². The topological polar surface area (TPSA) is 82.8 Å². The van der Waals surface area contributed by atoms with Gasteiger partial charge in [0.25, 0.3) is 0 Å². The molecular formula is C24H19BrClN3O2S. The molecule has 0 aliphatic heterocycles. The molecule has 32 heavy (non-hydrogen) atoms. The molecule has 1 heterocycles. The van der Waals surface area contributed by atoms with Crippen molar-refractivity contribution in [3.8, 4) is 6.07 Å². The molecule has 0 aliphatic rings. The van der Waals surface area contributed by atoms with E-state index in [-0.39, 0.29) is 23.9 Å². The highest BCUT2D eigenvalue weighted by Gasteiger charge is 2.19. The van der Waals surface area contributed by atoms with E-state index in [1.807, 2.05) is 26.0 Å². The van der Waals surface area contributed by atoms with Gasteiger partial charge in [0.05, 0.1) is 11.3 Å². The number of nitriles is 1. The molecule has 3 rings (SSSR count). The van der Waals surface area contributed by atoms with Crippen LogP contribution in [0.25, 0.3) is 0 Å². The van der Waals surface area contributed by atoms with Crippen molar-refractivity contribution in [3.05, 3.63) is 86.0 Å². The van der Waals surface area contributed by atoms with Gasteiger partial charge in [-0.1, -0.05) is 51.4 Å². The van der Waals surface area contributed by atoms with Crippen LogP contribution in [0, 0.1) is 25.2 Å². The highest BCUT2D eigenvalue weighted by Crippen LogP contribution is 2.28. The van der Waals surface area contributed by atoms with Crippen LogP contribution >= 0.6 is 39.3 Å². The van der Waals surface area contributed by atoms with E-state index in [0.717, 1.165) is 10.0 Å². The van der Waals surface area contributed by atoms with E-state index in [1.165, 1.54) is 11.8 Å². The Kier molecular flexibility index (Phi) is 8.08. The lowest BCUT2D eigenvalue weighted by atomic mass is 9.96. The summed E-state index contributed by atoms with van der Waals surface area (Å²) >= 11 is 10.4. The molecule has 5 nitrogen and oxygen atoms in total. The van der Waals surface area contributed by atoms with Crippen molar-refractivity contribution in [2.45, 2.75) is 25.3 Å². The van der Waals surface area contributed by atoms with Crippen molar-refractivity contribution in [1.82, 2.24) is 4.98 Å². The Balaban J connectivity index is 1.74. The number of benzene rings is 2. The number of aromatic nitrogens is 1. The molecule has 0 fully saturated rings. The summed E-state index contributed by atoms with van der Waals surface area (Å²) in [5, 5.41) is 13.6. The molecule has 1 N–H and O–H groups in total. The summed E-state index contributed by atoms with van der Waals surface area (Å²) in [6.07, 6.45) is 0.156. The van der Waals surface area contributed by atoms with Crippen LogP contribution < -0.4 is 5.32 Å². The van der Waals surface area contributed by atoms with Crippen LogP contribution in [-0.4, -0.2) is 22.4 Å².